The first kappa shape index (κ1) is 25.0. The Labute approximate surface area is 208 Å². The van der Waals surface area contributed by atoms with E-state index >= 15 is 0 Å². The topological polar surface area (TPSA) is 101 Å². The van der Waals surface area contributed by atoms with Crippen molar-refractivity contribution in [3.05, 3.63) is 58.4 Å². The molecule has 1 aliphatic heterocycles. The van der Waals surface area contributed by atoms with Crippen molar-refractivity contribution < 1.29 is 9.59 Å². The highest BCUT2D eigenvalue weighted by molar-refractivity contribution is 6.40. The zero-order chi connectivity index (χ0) is 25.3. The van der Waals surface area contributed by atoms with Crippen LogP contribution in [0.4, 0.5) is 5.69 Å². The standard InChI is InChI=1S/C28H37N5O2/c1-28(2,3)20-9-10-21-19(14-20)15-23-24(30-21)16-25(31-23)27(35)32-22(11-12-33(4)5)17-7-6-8-18(13-17)26(29)34/h6-8,13,15,20,22H,9-12,14,16H2,1-5H3,(H2,29,34)(H,32,35)/t20-,22+/m0/s1. The number of aryl methyl sites for hydroxylation is 1. The van der Waals surface area contributed by atoms with Crippen molar-refractivity contribution in [3.63, 3.8) is 0 Å². The summed E-state index contributed by atoms with van der Waals surface area (Å²) in [6, 6.07) is 9.05. The summed E-state index contributed by atoms with van der Waals surface area (Å²) in [7, 11) is 3.99. The zero-order valence-electron chi connectivity index (χ0n) is 21.5. The van der Waals surface area contributed by atoms with E-state index in [0.29, 0.717) is 30.0 Å². The van der Waals surface area contributed by atoms with E-state index in [2.05, 4.69) is 37.1 Å². The highest BCUT2D eigenvalue weighted by atomic mass is 16.2. The van der Waals surface area contributed by atoms with Crippen molar-refractivity contribution in [3.8, 4) is 0 Å². The molecule has 0 fully saturated rings. The van der Waals surface area contributed by atoms with Crippen LogP contribution in [0.1, 0.15) is 72.5 Å². The smallest absolute Gasteiger partial charge is 0.266 e. The molecule has 2 aromatic rings. The maximum absolute atomic E-state index is 13.3. The van der Waals surface area contributed by atoms with Crippen LogP contribution in [0.5, 0.6) is 0 Å². The van der Waals surface area contributed by atoms with Crippen LogP contribution in [0, 0.1) is 11.3 Å². The summed E-state index contributed by atoms with van der Waals surface area (Å²) in [5.41, 5.74) is 11.7. The number of pyridine rings is 1. The molecule has 2 heterocycles. The molecule has 7 heteroatoms. The lowest BCUT2D eigenvalue weighted by molar-refractivity contribution is -0.115. The van der Waals surface area contributed by atoms with E-state index in [1.165, 1.54) is 5.56 Å². The third-order valence-corrected chi connectivity index (χ3v) is 7.26. The molecule has 7 nitrogen and oxygen atoms in total. The lowest BCUT2D eigenvalue weighted by atomic mass is 9.71. The van der Waals surface area contributed by atoms with Crippen molar-refractivity contribution in [2.24, 2.45) is 22.1 Å². The Kier molecular flexibility index (Phi) is 7.08. The van der Waals surface area contributed by atoms with Gasteiger partial charge in [-0.1, -0.05) is 32.9 Å². The van der Waals surface area contributed by atoms with Crippen LogP contribution in [-0.4, -0.2) is 48.1 Å². The third kappa shape index (κ3) is 5.78. The number of fused-ring (bicyclic) bond motifs is 2. The maximum atomic E-state index is 13.3. The molecular formula is C28H37N5O2. The Morgan fingerprint density at radius 1 is 1.20 bits per heavy atom. The van der Waals surface area contributed by atoms with Gasteiger partial charge in [0.2, 0.25) is 5.91 Å². The first-order chi connectivity index (χ1) is 16.5. The molecular weight excluding hydrogens is 438 g/mol. The van der Waals surface area contributed by atoms with Gasteiger partial charge in [0, 0.05) is 17.7 Å². The van der Waals surface area contributed by atoms with Gasteiger partial charge in [0.15, 0.2) is 0 Å². The first-order valence-corrected chi connectivity index (χ1v) is 12.5. The Morgan fingerprint density at radius 2 is 1.97 bits per heavy atom. The minimum atomic E-state index is -0.483. The minimum absolute atomic E-state index is 0.193. The number of carbonyl (C=O) groups excluding carboxylic acids is 2. The second-order valence-electron chi connectivity index (χ2n) is 11.2. The molecule has 186 valence electrons. The number of hydrogen-bond acceptors (Lipinski definition) is 5. The minimum Gasteiger partial charge on any atom is -0.366 e. The number of nitrogens with two attached hydrogens (primary N) is 1. The molecule has 4 rings (SSSR count). The summed E-state index contributed by atoms with van der Waals surface area (Å²) >= 11 is 0. The normalized spacial score (nSPS) is 18.0. The van der Waals surface area contributed by atoms with Gasteiger partial charge in [0.1, 0.15) is 5.71 Å². The zero-order valence-corrected chi connectivity index (χ0v) is 21.5. The number of nitrogens with zero attached hydrogens (tertiary/aromatic N) is 3. The van der Waals surface area contributed by atoms with Crippen LogP contribution in [0.2, 0.25) is 0 Å². The van der Waals surface area contributed by atoms with Gasteiger partial charge in [0.25, 0.3) is 5.91 Å². The van der Waals surface area contributed by atoms with Gasteiger partial charge >= 0.3 is 0 Å². The summed E-state index contributed by atoms with van der Waals surface area (Å²) < 4.78 is 0. The van der Waals surface area contributed by atoms with Gasteiger partial charge in [-0.25, -0.2) is 4.99 Å². The highest BCUT2D eigenvalue weighted by Crippen LogP contribution is 2.39. The average Bonchev–Trinajstić information content (AvgIpc) is 3.22. The number of hydrogen-bond donors (Lipinski definition) is 2. The van der Waals surface area contributed by atoms with Crippen molar-refractivity contribution in [1.29, 1.82) is 0 Å². The van der Waals surface area contributed by atoms with E-state index in [1.807, 2.05) is 20.2 Å². The molecule has 1 aliphatic carbocycles. The van der Waals surface area contributed by atoms with Crippen LogP contribution in [0.25, 0.3) is 0 Å². The van der Waals surface area contributed by atoms with E-state index in [0.717, 1.165) is 48.4 Å². The van der Waals surface area contributed by atoms with E-state index < -0.39 is 5.91 Å². The number of benzene rings is 1. The Hall–Kier alpha value is -3.06. The monoisotopic (exact) mass is 475 g/mol. The predicted octanol–water partition coefficient (Wildman–Crippen LogP) is 3.77. The highest BCUT2D eigenvalue weighted by Gasteiger charge is 2.32. The van der Waals surface area contributed by atoms with Gasteiger partial charge in [0.05, 0.1) is 17.4 Å². The van der Waals surface area contributed by atoms with Crippen LogP contribution in [0.3, 0.4) is 0 Å². The Morgan fingerprint density at radius 3 is 2.66 bits per heavy atom. The second-order valence-corrected chi connectivity index (χ2v) is 11.2. The van der Waals surface area contributed by atoms with Gasteiger partial charge in [-0.2, -0.15) is 0 Å². The summed E-state index contributed by atoms with van der Waals surface area (Å²) in [5.74, 6) is -0.0534. The number of nitrogens with one attached hydrogen (secondary N) is 1. The Bertz CT molecular complexity index is 1160. The van der Waals surface area contributed by atoms with Gasteiger partial charge in [-0.3, -0.25) is 14.6 Å². The molecule has 0 bridgehead atoms. The largest absolute Gasteiger partial charge is 0.366 e. The van der Waals surface area contributed by atoms with Crippen molar-refractivity contribution in [1.82, 2.24) is 15.2 Å². The fraction of sp³-hybridized carbons (Fsp3) is 0.500. The molecule has 0 spiro atoms. The summed E-state index contributed by atoms with van der Waals surface area (Å²) in [5, 5.41) is 3.15. The van der Waals surface area contributed by atoms with Gasteiger partial charge < -0.3 is 16.0 Å². The molecule has 2 atom stereocenters. The first-order valence-electron chi connectivity index (χ1n) is 12.5. The summed E-state index contributed by atoms with van der Waals surface area (Å²) in [6.45, 7) is 7.68. The lowest BCUT2D eigenvalue weighted by Crippen LogP contribution is -2.36. The van der Waals surface area contributed by atoms with E-state index in [1.54, 1.807) is 18.2 Å². The number of amides is 2. The van der Waals surface area contributed by atoms with Crippen LogP contribution >= 0.6 is 0 Å². The third-order valence-electron chi connectivity index (χ3n) is 7.26. The maximum Gasteiger partial charge on any atom is 0.266 e. The molecule has 3 N–H and O–H groups in total. The quantitative estimate of drug-likeness (QED) is 0.637. The molecule has 0 radical (unpaired) electrons. The molecule has 2 aliphatic rings. The molecule has 35 heavy (non-hydrogen) atoms. The molecule has 2 amide bonds. The van der Waals surface area contributed by atoms with Crippen LogP contribution < -0.4 is 11.1 Å². The fourth-order valence-electron chi connectivity index (χ4n) is 5.00. The molecule has 1 aromatic carbocycles. The van der Waals surface area contributed by atoms with Crippen LogP contribution in [0.15, 0.2) is 35.3 Å². The average molecular weight is 476 g/mol. The second kappa shape index (κ2) is 9.90. The van der Waals surface area contributed by atoms with Crippen molar-refractivity contribution in [2.45, 2.75) is 58.9 Å². The number of rotatable bonds is 7. The van der Waals surface area contributed by atoms with Crippen molar-refractivity contribution in [2.75, 3.05) is 20.6 Å². The van der Waals surface area contributed by atoms with Gasteiger partial charge in [-0.05, 0) is 87.0 Å². The number of aromatic nitrogens is 1. The van der Waals surface area contributed by atoms with Crippen molar-refractivity contribution >= 4 is 23.2 Å². The number of primary amides is 1. The van der Waals surface area contributed by atoms with Crippen LogP contribution in [-0.2, 0) is 24.1 Å². The SMILES string of the molecule is CN(C)CC[C@@H](NC(=O)C1=Nc2cc3c(nc2C1)CC[C@H](C(C)(C)C)C3)c1cccc(C(N)=O)c1. The van der Waals surface area contributed by atoms with E-state index in [9.17, 15) is 9.59 Å². The number of aliphatic imine (C=N–C) groups is 1. The van der Waals surface area contributed by atoms with E-state index in [-0.39, 0.29) is 17.4 Å². The summed E-state index contributed by atoms with van der Waals surface area (Å²) in [4.78, 5) is 36.7. The number of carbonyl (C=O) groups is 2. The fourth-order valence-corrected chi connectivity index (χ4v) is 5.00. The predicted molar refractivity (Wildman–Crippen MR) is 139 cm³/mol. The molecule has 0 saturated heterocycles. The van der Waals surface area contributed by atoms with Gasteiger partial charge in [-0.15, -0.1) is 0 Å². The Balaban J connectivity index is 1.53. The molecule has 0 unspecified atom stereocenters. The molecule has 1 aromatic heterocycles. The lowest BCUT2D eigenvalue weighted by Gasteiger charge is -2.34. The summed E-state index contributed by atoms with van der Waals surface area (Å²) in [6.07, 6.45) is 4.28. The van der Waals surface area contributed by atoms with E-state index in [4.69, 9.17) is 15.7 Å². The molecule has 0 saturated carbocycles.